The summed E-state index contributed by atoms with van der Waals surface area (Å²) in [6.45, 7) is 6.93. The lowest BCUT2D eigenvalue weighted by atomic mass is 10.0. The number of likely N-dealkylation sites (tertiary alicyclic amines) is 1. The van der Waals surface area contributed by atoms with Crippen LogP contribution in [0.2, 0.25) is 0 Å². The molecule has 1 aliphatic rings. The smallest absolute Gasteiger partial charge is 0.123 e. The number of rotatable bonds is 4. The lowest BCUT2D eigenvalue weighted by Crippen LogP contribution is -2.55. The Hall–Kier alpha value is -0.930. The highest BCUT2D eigenvalue weighted by molar-refractivity contribution is 5.33. The topological polar surface area (TPSA) is 15.3 Å². The molecule has 0 aliphatic carbocycles. The molecule has 0 saturated carbocycles. The second-order valence-corrected chi connectivity index (χ2v) is 5.15. The Kier molecular flexibility index (Phi) is 3.79. The van der Waals surface area contributed by atoms with Crippen LogP contribution < -0.4 is 5.32 Å². The molecule has 0 unspecified atom stereocenters. The lowest BCUT2D eigenvalue weighted by molar-refractivity contribution is 0.161. The molecule has 2 nitrogen and oxygen atoms in total. The quantitative estimate of drug-likeness (QED) is 0.860. The van der Waals surface area contributed by atoms with Crippen molar-refractivity contribution in [2.24, 2.45) is 0 Å². The molecule has 3 heteroatoms. The van der Waals surface area contributed by atoms with Crippen LogP contribution in [0.15, 0.2) is 18.2 Å². The first-order valence-electron chi connectivity index (χ1n) is 6.06. The summed E-state index contributed by atoms with van der Waals surface area (Å²) >= 11 is 0. The number of nitrogens with one attached hydrogen (secondary N) is 1. The number of halogens is 1. The van der Waals surface area contributed by atoms with E-state index in [0.717, 1.165) is 36.7 Å². The summed E-state index contributed by atoms with van der Waals surface area (Å²) in [6, 6.07) is 5.82. The van der Waals surface area contributed by atoms with Gasteiger partial charge in [-0.1, -0.05) is 19.9 Å². The van der Waals surface area contributed by atoms with Gasteiger partial charge in [0, 0.05) is 25.7 Å². The molecule has 1 radical (unpaired) electrons. The summed E-state index contributed by atoms with van der Waals surface area (Å²) in [6.07, 6.45) is 0. The number of nitrogens with zero attached hydrogens (tertiary/aromatic N) is 1. The molecule has 0 spiro atoms. The van der Waals surface area contributed by atoms with Crippen LogP contribution >= 0.6 is 0 Å². The molecular formula is C14H20FN2. The van der Waals surface area contributed by atoms with Gasteiger partial charge in [-0.05, 0) is 36.2 Å². The predicted octanol–water partition coefficient (Wildman–Crippen LogP) is 2.19. The van der Waals surface area contributed by atoms with Gasteiger partial charge in [0.2, 0.25) is 0 Å². The first-order valence-corrected chi connectivity index (χ1v) is 6.06. The second-order valence-electron chi connectivity index (χ2n) is 5.15. The maximum absolute atomic E-state index is 13.4. The highest BCUT2D eigenvalue weighted by atomic mass is 19.1. The molecule has 0 bridgehead atoms. The van der Waals surface area contributed by atoms with Crippen molar-refractivity contribution in [2.75, 3.05) is 20.1 Å². The zero-order chi connectivity index (χ0) is 12.4. The van der Waals surface area contributed by atoms with Crippen molar-refractivity contribution < 1.29 is 4.39 Å². The molecule has 1 heterocycles. The molecule has 0 aromatic heterocycles. The van der Waals surface area contributed by atoms with Crippen LogP contribution in [0, 0.1) is 11.7 Å². The highest BCUT2D eigenvalue weighted by Gasteiger charge is 2.22. The fourth-order valence-corrected chi connectivity index (χ4v) is 2.13. The van der Waals surface area contributed by atoms with E-state index in [-0.39, 0.29) is 5.82 Å². The average molecular weight is 235 g/mol. The van der Waals surface area contributed by atoms with Crippen LogP contribution in [-0.2, 0) is 6.54 Å². The summed E-state index contributed by atoms with van der Waals surface area (Å²) in [5.41, 5.74) is 2.02. The molecule has 0 amide bonds. The number of hydrogen-bond acceptors (Lipinski definition) is 2. The molecule has 1 saturated heterocycles. The van der Waals surface area contributed by atoms with Gasteiger partial charge in [0.05, 0.1) is 0 Å². The molecule has 17 heavy (non-hydrogen) atoms. The van der Waals surface area contributed by atoms with E-state index in [1.165, 1.54) is 0 Å². The van der Waals surface area contributed by atoms with E-state index in [1.54, 1.807) is 12.1 Å². The van der Waals surface area contributed by atoms with Gasteiger partial charge >= 0.3 is 0 Å². The third-order valence-electron chi connectivity index (χ3n) is 3.19. The van der Waals surface area contributed by atoms with Crippen LogP contribution in [0.1, 0.15) is 25.0 Å². The second kappa shape index (κ2) is 5.15. The van der Waals surface area contributed by atoms with Gasteiger partial charge in [-0.2, -0.15) is 0 Å². The SMILES string of the molecule is C[C](C)c1cc(F)cc(CNC2CN(C)C2)c1. The van der Waals surface area contributed by atoms with Crippen molar-refractivity contribution >= 4 is 0 Å². The maximum Gasteiger partial charge on any atom is 0.123 e. The third kappa shape index (κ3) is 3.27. The van der Waals surface area contributed by atoms with E-state index in [1.807, 2.05) is 13.8 Å². The van der Waals surface area contributed by atoms with Gasteiger partial charge in [0.15, 0.2) is 0 Å². The number of likely N-dealkylation sites (N-methyl/N-ethyl adjacent to an activating group) is 1. The van der Waals surface area contributed by atoms with Gasteiger partial charge in [-0.3, -0.25) is 0 Å². The van der Waals surface area contributed by atoms with Crippen LogP contribution in [0.3, 0.4) is 0 Å². The lowest BCUT2D eigenvalue weighted by Gasteiger charge is -2.36. The van der Waals surface area contributed by atoms with Crippen LogP contribution in [0.5, 0.6) is 0 Å². The van der Waals surface area contributed by atoms with E-state index >= 15 is 0 Å². The standard InChI is InChI=1S/C14H20FN2/c1-10(2)12-4-11(5-13(15)6-12)7-16-14-8-17(3)9-14/h4-6,14,16H,7-9H2,1-3H3. The normalized spacial score (nSPS) is 17.5. The molecule has 93 valence electrons. The van der Waals surface area contributed by atoms with E-state index in [9.17, 15) is 4.39 Å². The summed E-state index contributed by atoms with van der Waals surface area (Å²) in [5, 5.41) is 3.44. The largest absolute Gasteiger partial charge is 0.307 e. The van der Waals surface area contributed by atoms with Crippen molar-refractivity contribution in [3.63, 3.8) is 0 Å². The molecule has 1 aromatic carbocycles. The maximum atomic E-state index is 13.4. The predicted molar refractivity (Wildman–Crippen MR) is 68.2 cm³/mol. The van der Waals surface area contributed by atoms with Gasteiger partial charge < -0.3 is 10.2 Å². The first-order chi connectivity index (χ1) is 8.04. The Balaban J connectivity index is 1.95. The summed E-state index contributed by atoms with van der Waals surface area (Å²) < 4.78 is 13.4. The Labute approximate surface area is 103 Å². The van der Waals surface area contributed by atoms with Gasteiger partial charge in [0.1, 0.15) is 5.82 Å². The fourth-order valence-electron chi connectivity index (χ4n) is 2.13. The van der Waals surface area contributed by atoms with Gasteiger partial charge in [-0.25, -0.2) is 4.39 Å². The molecule has 1 aliphatic heterocycles. The summed E-state index contributed by atoms with van der Waals surface area (Å²) in [4.78, 5) is 2.26. The Bertz CT molecular complexity index is 384. The Morgan fingerprint density at radius 1 is 1.35 bits per heavy atom. The van der Waals surface area contributed by atoms with Crippen LogP contribution in [-0.4, -0.2) is 31.1 Å². The number of hydrogen-bond donors (Lipinski definition) is 1. The van der Waals surface area contributed by atoms with Gasteiger partial charge in [0.25, 0.3) is 0 Å². The Morgan fingerprint density at radius 3 is 2.65 bits per heavy atom. The van der Waals surface area contributed by atoms with Crippen LogP contribution in [0.4, 0.5) is 4.39 Å². The number of benzene rings is 1. The average Bonchev–Trinajstić information content (AvgIpc) is 2.22. The van der Waals surface area contributed by atoms with E-state index in [2.05, 4.69) is 23.3 Å². The summed E-state index contributed by atoms with van der Waals surface area (Å²) in [5.74, 6) is 1.00. The third-order valence-corrected chi connectivity index (χ3v) is 3.19. The molecule has 1 N–H and O–H groups in total. The molecule has 1 fully saturated rings. The first kappa shape index (κ1) is 12.5. The van der Waals surface area contributed by atoms with Crippen molar-refractivity contribution in [1.82, 2.24) is 10.2 Å². The fraction of sp³-hybridized carbons (Fsp3) is 0.500. The summed E-state index contributed by atoms with van der Waals surface area (Å²) in [7, 11) is 2.11. The molecule has 0 atom stereocenters. The monoisotopic (exact) mass is 235 g/mol. The van der Waals surface area contributed by atoms with E-state index < -0.39 is 0 Å². The molecule has 1 aromatic rings. The van der Waals surface area contributed by atoms with Crippen molar-refractivity contribution in [1.29, 1.82) is 0 Å². The van der Waals surface area contributed by atoms with Crippen molar-refractivity contribution in [3.05, 3.63) is 41.1 Å². The van der Waals surface area contributed by atoms with E-state index in [4.69, 9.17) is 0 Å². The van der Waals surface area contributed by atoms with Crippen molar-refractivity contribution in [2.45, 2.75) is 26.4 Å². The van der Waals surface area contributed by atoms with Crippen LogP contribution in [0.25, 0.3) is 0 Å². The zero-order valence-electron chi connectivity index (χ0n) is 10.8. The Morgan fingerprint density at radius 2 is 2.06 bits per heavy atom. The minimum atomic E-state index is -0.147. The van der Waals surface area contributed by atoms with Gasteiger partial charge in [-0.15, -0.1) is 0 Å². The minimum Gasteiger partial charge on any atom is -0.307 e. The zero-order valence-corrected chi connectivity index (χ0v) is 10.8. The van der Waals surface area contributed by atoms with E-state index in [0.29, 0.717) is 6.04 Å². The highest BCUT2D eigenvalue weighted by Crippen LogP contribution is 2.17. The molecular weight excluding hydrogens is 215 g/mol. The molecule has 2 rings (SSSR count). The van der Waals surface area contributed by atoms with Crippen molar-refractivity contribution in [3.8, 4) is 0 Å². The minimum absolute atomic E-state index is 0.147.